The van der Waals surface area contributed by atoms with E-state index in [1.165, 1.54) is 12.1 Å². The predicted octanol–water partition coefficient (Wildman–Crippen LogP) is 3.63. The number of guanidine groups is 1. The lowest BCUT2D eigenvalue weighted by molar-refractivity contribution is 0.0734. The van der Waals surface area contributed by atoms with Gasteiger partial charge in [0, 0.05) is 11.4 Å². The third-order valence-electron chi connectivity index (χ3n) is 3.19. The van der Waals surface area contributed by atoms with E-state index in [1.807, 2.05) is 0 Å². The number of benzene rings is 2. The first-order valence-corrected chi connectivity index (χ1v) is 10.4. The number of para-hydroxylation sites is 2. The molecule has 0 heterocycles. The summed E-state index contributed by atoms with van der Waals surface area (Å²) in [6, 6.07) is 9.08. The molecule has 2 aromatic rings. The van der Waals surface area contributed by atoms with E-state index in [0.29, 0.717) is 12.2 Å². The fourth-order valence-corrected chi connectivity index (χ4v) is 4.72. The van der Waals surface area contributed by atoms with Gasteiger partial charge >= 0.3 is 0 Å². The van der Waals surface area contributed by atoms with Gasteiger partial charge in [0.25, 0.3) is 10.0 Å². The number of nitrogens with two attached hydrogens (primary N) is 1. The molecule has 2 rings (SSSR count). The minimum atomic E-state index is -4.09. The van der Waals surface area contributed by atoms with Gasteiger partial charge in [0.15, 0.2) is 0 Å². The van der Waals surface area contributed by atoms with Gasteiger partial charge in [0.1, 0.15) is 10.6 Å². The molecule has 12 heteroatoms. The quantitative estimate of drug-likeness (QED) is 0.193. The van der Waals surface area contributed by atoms with Crippen LogP contribution < -0.4 is 20.7 Å². The van der Waals surface area contributed by atoms with Crippen molar-refractivity contribution in [3.63, 3.8) is 0 Å². The molecule has 0 unspecified atom stereocenters. The molecule has 0 aromatic heterocycles. The fourth-order valence-electron chi connectivity index (χ4n) is 2.10. The number of halogens is 3. The van der Waals surface area contributed by atoms with Crippen LogP contribution in [0, 0.1) is 5.41 Å². The number of hydroxylamine groups is 1. The molecule has 5 N–H and O–H groups in total. The summed E-state index contributed by atoms with van der Waals surface area (Å²) in [6.45, 7) is 0.476. The summed E-state index contributed by atoms with van der Waals surface area (Å²) < 4.78 is 33.5. The van der Waals surface area contributed by atoms with Crippen LogP contribution in [0.5, 0.6) is 5.75 Å². The van der Waals surface area contributed by atoms with Crippen LogP contribution >= 0.6 is 34.8 Å². The van der Waals surface area contributed by atoms with Crippen LogP contribution in [-0.2, 0) is 14.9 Å². The Morgan fingerprint density at radius 2 is 1.75 bits per heavy atom. The first-order chi connectivity index (χ1) is 13.2. The standard InChI is InChI=1S/C16H17Cl3N4O4S/c17-10-8-11(18)15(12(19)9-10)28(24,25)23-13-4-1-2-5-14(13)26-6-3-7-27-22-16(20)21/h1-2,4-5,8-9,23H,3,6-7H2,(H4,20,21,22). The van der Waals surface area contributed by atoms with Crippen LogP contribution in [0.2, 0.25) is 15.1 Å². The number of ether oxygens (including phenoxy) is 1. The lowest BCUT2D eigenvalue weighted by atomic mass is 10.3. The van der Waals surface area contributed by atoms with Crippen molar-refractivity contribution in [3.8, 4) is 5.75 Å². The van der Waals surface area contributed by atoms with Gasteiger partial charge < -0.3 is 10.5 Å². The molecular formula is C16H17Cl3N4O4S. The lowest BCUT2D eigenvalue weighted by Crippen LogP contribution is -2.30. The Labute approximate surface area is 177 Å². The lowest BCUT2D eigenvalue weighted by Gasteiger charge is -2.15. The maximum Gasteiger partial charge on any atom is 0.265 e. The highest BCUT2D eigenvalue weighted by Gasteiger charge is 2.23. The largest absolute Gasteiger partial charge is 0.491 e. The highest BCUT2D eigenvalue weighted by atomic mass is 35.5. The molecule has 0 radical (unpaired) electrons. The predicted molar refractivity (Wildman–Crippen MR) is 110 cm³/mol. The number of hydrogen-bond donors (Lipinski definition) is 4. The Balaban J connectivity index is 2.09. The van der Waals surface area contributed by atoms with Crippen molar-refractivity contribution in [2.45, 2.75) is 11.3 Å². The second-order valence-corrected chi connectivity index (χ2v) is 8.24. The molecular weight excluding hydrogens is 451 g/mol. The van der Waals surface area contributed by atoms with Gasteiger partial charge in [-0.05, 0) is 24.3 Å². The third-order valence-corrected chi connectivity index (χ3v) is 5.70. The number of rotatable bonds is 9. The number of anilines is 1. The van der Waals surface area contributed by atoms with E-state index in [1.54, 1.807) is 24.3 Å². The SMILES string of the molecule is N=C(N)NOCCCOc1ccccc1NS(=O)(=O)c1c(Cl)cc(Cl)cc1Cl. The van der Waals surface area contributed by atoms with Gasteiger partial charge in [0.05, 0.1) is 28.9 Å². The van der Waals surface area contributed by atoms with Crippen LogP contribution in [-0.4, -0.2) is 27.6 Å². The van der Waals surface area contributed by atoms with E-state index in [2.05, 4.69) is 10.2 Å². The zero-order valence-corrected chi connectivity index (χ0v) is 17.4. The van der Waals surface area contributed by atoms with Crippen LogP contribution in [0.3, 0.4) is 0 Å². The van der Waals surface area contributed by atoms with Gasteiger partial charge in [-0.3, -0.25) is 15.0 Å². The number of hydrogen-bond acceptors (Lipinski definition) is 5. The molecule has 152 valence electrons. The van der Waals surface area contributed by atoms with Crippen LogP contribution in [0.25, 0.3) is 0 Å². The van der Waals surface area contributed by atoms with Gasteiger partial charge in [-0.1, -0.05) is 46.9 Å². The molecule has 0 spiro atoms. The van der Waals surface area contributed by atoms with E-state index < -0.39 is 10.0 Å². The highest BCUT2D eigenvalue weighted by Crippen LogP contribution is 2.35. The molecule has 0 aliphatic carbocycles. The molecule has 0 fully saturated rings. The summed E-state index contributed by atoms with van der Waals surface area (Å²) in [5.41, 5.74) is 7.49. The maximum atomic E-state index is 12.7. The van der Waals surface area contributed by atoms with E-state index >= 15 is 0 Å². The van der Waals surface area contributed by atoms with Crippen molar-refractivity contribution in [3.05, 3.63) is 51.5 Å². The van der Waals surface area contributed by atoms with Crippen molar-refractivity contribution in [1.29, 1.82) is 5.41 Å². The molecule has 0 saturated carbocycles. The van der Waals surface area contributed by atoms with Crippen molar-refractivity contribution in [2.75, 3.05) is 17.9 Å². The van der Waals surface area contributed by atoms with Crippen molar-refractivity contribution in [2.24, 2.45) is 5.73 Å². The zero-order valence-electron chi connectivity index (χ0n) is 14.3. The van der Waals surface area contributed by atoms with Gasteiger partial charge in [-0.15, -0.1) is 0 Å². The maximum absolute atomic E-state index is 12.7. The van der Waals surface area contributed by atoms with E-state index in [-0.39, 0.29) is 44.8 Å². The molecule has 0 aliphatic heterocycles. The van der Waals surface area contributed by atoms with Crippen molar-refractivity contribution in [1.82, 2.24) is 5.48 Å². The molecule has 2 aromatic carbocycles. The highest BCUT2D eigenvalue weighted by molar-refractivity contribution is 7.93. The topological polar surface area (TPSA) is 127 Å². The fraction of sp³-hybridized carbons (Fsp3) is 0.188. The normalized spacial score (nSPS) is 11.1. The second-order valence-electron chi connectivity index (χ2n) is 5.37. The van der Waals surface area contributed by atoms with Gasteiger partial charge in [-0.25, -0.2) is 13.9 Å². The zero-order chi connectivity index (χ0) is 20.7. The van der Waals surface area contributed by atoms with E-state index in [4.69, 9.17) is 55.5 Å². The van der Waals surface area contributed by atoms with Crippen LogP contribution in [0.15, 0.2) is 41.3 Å². The smallest absolute Gasteiger partial charge is 0.265 e. The van der Waals surface area contributed by atoms with Gasteiger partial charge in [0.2, 0.25) is 5.96 Å². The Kier molecular flexibility index (Phi) is 8.02. The molecule has 0 amide bonds. The van der Waals surface area contributed by atoms with Crippen LogP contribution in [0.1, 0.15) is 6.42 Å². The van der Waals surface area contributed by atoms with E-state index in [9.17, 15) is 8.42 Å². The summed E-state index contributed by atoms with van der Waals surface area (Å²) in [5, 5.41) is 6.98. The number of nitrogens with one attached hydrogen (secondary N) is 3. The monoisotopic (exact) mass is 466 g/mol. The molecule has 0 saturated heterocycles. The Morgan fingerprint density at radius 1 is 1.11 bits per heavy atom. The molecule has 8 nitrogen and oxygen atoms in total. The summed E-state index contributed by atoms with van der Waals surface area (Å²) >= 11 is 17.9. The minimum absolute atomic E-state index is 0.0986. The van der Waals surface area contributed by atoms with Crippen molar-refractivity contribution >= 4 is 56.5 Å². The van der Waals surface area contributed by atoms with Crippen molar-refractivity contribution < 1.29 is 18.0 Å². The summed E-state index contributed by atoms with van der Waals surface area (Å²) in [4.78, 5) is 4.63. The number of sulfonamides is 1. The second kappa shape index (κ2) is 10.0. The summed E-state index contributed by atoms with van der Waals surface area (Å²) in [6.07, 6.45) is 0.468. The summed E-state index contributed by atoms with van der Waals surface area (Å²) in [5.74, 6) is 0.00648. The molecule has 28 heavy (non-hydrogen) atoms. The Hall–Kier alpha value is -1.91. The average molecular weight is 468 g/mol. The first kappa shape index (κ1) is 22.4. The molecule has 0 atom stereocenters. The van der Waals surface area contributed by atoms with Crippen LogP contribution in [0.4, 0.5) is 5.69 Å². The average Bonchev–Trinajstić information content (AvgIpc) is 2.57. The molecule has 0 bridgehead atoms. The Bertz CT molecular complexity index is 934. The van der Waals surface area contributed by atoms with Gasteiger partial charge in [-0.2, -0.15) is 0 Å². The Morgan fingerprint density at radius 3 is 2.39 bits per heavy atom. The summed E-state index contributed by atoms with van der Waals surface area (Å²) in [7, 11) is -4.09. The first-order valence-electron chi connectivity index (χ1n) is 7.81. The third kappa shape index (κ3) is 6.32. The van der Waals surface area contributed by atoms with E-state index in [0.717, 1.165) is 0 Å². The molecule has 0 aliphatic rings. The minimum Gasteiger partial charge on any atom is -0.491 e.